The molecule has 0 amide bonds. The van der Waals surface area contributed by atoms with E-state index in [0.29, 0.717) is 0 Å². The van der Waals surface area contributed by atoms with Gasteiger partial charge in [0.1, 0.15) is 30.5 Å². The molecule has 0 spiro atoms. The van der Waals surface area contributed by atoms with Crippen molar-refractivity contribution in [3.63, 3.8) is 0 Å². The van der Waals surface area contributed by atoms with Crippen LogP contribution in [-0.2, 0) is 16.0 Å². The van der Waals surface area contributed by atoms with Crippen LogP contribution in [0.3, 0.4) is 0 Å². The molecular weight excluding hydrogens is 360 g/mol. The first-order chi connectivity index (χ1) is 12.8. The van der Waals surface area contributed by atoms with Crippen molar-refractivity contribution in [2.24, 2.45) is 5.73 Å². The monoisotopic (exact) mass is 384 g/mol. The third-order valence-corrected chi connectivity index (χ3v) is 4.23. The molecule has 27 heavy (non-hydrogen) atoms. The zero-order valence-corrected chi connectivity index (χ0v) is 14.3. The van der Waals surface area contributed by atoms with Crippen molar-refractivity contribution in [3.05, 3.63) is 36.0 Å². The average Bonchev–Trinajstić information content (AvgIpc) is 3.08. The Morgan fingerprint density at radius 3 is 2.41 bits per heavy atom. The third-order valence-electron chi connectivity index (χ3n) is 4.23. The molecule has 2 rings (SSSR count). The number of nitrogens with two attached hydrogens (primary N) is 1. The van der Waals surface area contributed by atoms with E-state index >= 15 is 0 Å². The Hall–Kier alpha value is -2.05. The van der Waals surface area contributed by atoms with Gasteiger partial charge in [-0.05, 0) is 11.6 Å². The van der Waals surface area contributed by atoms with E-state index in [1.54, 1.807) is 6.20 Å². The van der Waals surface area contributed by atoms with Crippen LogP contribution in [-0.4, -0.2) is 84.9 Å². The van der Waals surface area contributed by atoms with E-state index in [-0.39, 0.29) is 6.42 Å². The van der Waals surface area contributed by atoms with Crippen molar-refractivity contribution in [2.45, 2.75) is 43.2 Å². The molecule has 1 aromatic carbocycles. The summed E-state index contributed by atoms with van der Waals surface area (Å²) in [6, 6.07) is 6.23. The lowest BCUT2D eigenvalue weighted by Crippen LogP contribution is -2.51. The molecule has 0 bridgehead atoms. The number of rotatable bonds is 9. The number of H-pyrrole nitrogens is 1. The highest BCUT2D eigenvalue weighted by atomic mass is 16.6. The molecular formula is C17H24N2O8. The molecule has 0 saturated carbocycles. The highest BCUT2D eigenvalue weighted by molar-refractivity contribution is 5.84. The van der Waals surface area contributed by atoms with E-state index in [0.717, 1.165) is 16.5 Å². The summed E-state index contributed by atoms with van der Waals surface area (Å²) in [5, 5.41) is 57.5. The largest absolute Gasteiger partial charge is 0.432 e. The van der Waals surface area contributed by atoms with E-state index in [9.17, 15) is 30.3 Å². The van der Waals surface area contributed by atoms with Gasteiger partial charge in [0, 0.05) is 23.5 Å². The van der Waals surface area contributed by atoms with Gasteiger partial charge in [0.05, 0.1) is 6.61 Å². The second-order valence-electron chi connectivity index (χ2n) is 6.22. The number of para-hydroxylation sites is 1. The Bertz CT molecular complexity index is 751. The highest BCUT2D eigenvalue weighted by Crippen LogP contribution is 2.19. The summed E-state index contributed by atoms with van der Waals surface area (Å²) in [4.78, 5) is 15.1. The highest BCUT2D eigenvalue weighted by Gasteiger charge is 2.36. The number of hydrogen-bond donors (Lipinski definition) is 8. The number of carbonyl (C=O) groups is 1. The number of ether oxygens (including phenoxy) is 1. The van der Waals surface area contributed by atoms with Crippen molar-refractivity contribution in [1.29, 1.82) is 0 Å². The van der Waals surface area contributed by atoms with Crippen molar-refractivity contribution >= 4 is 16.9 Å². The van der Waals surface area contributed by atoms with Gasteiger partial charge in [-0.15, -0.1) is 0 Å². The summed E-state index contributed by atoms with van der Waals surface area (Å²) in [6.45, 7) is -0.879. The molecule has 10 heteroatoms. The van der Waals surface area contributed by atoms with Crippen LogP contribution < -0.4 is 5.73 Å². The number of aliphatic hydroxyl groups is 6. The number of nitrogens with one attached hydrogen (secondary N) is 1. The van der Waals surface area contributed by atoms with E-state index in [1.165, 1.54) is 0 Å². The third kappa shape index (κ3) is 5.02. The fourth-order valence-corrected chi connectivity index (χ4v) is 2.60. The van der Waals surface area contributed by atoms with Gasteiger partial charge in [-0.2, -0.15) is 0 Å². The van der Waals surface area contributed by atoms with Gasteiger partial charge in [-0.3, -0.25) is 4.79 Å². The lowest BCUT2D eigenvalue weighted by atomic mass is 10.0. The lowest BCUT2D eigenvalue weighted by molar-refractivity contribution is -0.214. The number of aromatic nitrogens is 1. The summed E-state index contributed by atoms with van der Waals surface area (Å²) >= 11 is 0. The van der Waals surface area contributed by atoms with Gasteiger partial charge in [-0.1, -0.05) is 18.2 Å². The van der Waals surface area contributed by atoms with Crippen LogP contribution in [0.25, 0.3) is 10.9 Å². The van der Waals surface area contributed by atoms with Crippen molar-refractivity contribution in [2.75, 3.05) is 6.61 Å². The summed E-state index contributed by atoms with van der Waals surface area (Å²) in [5.74, 6) is -1.03. The van der Waals surface area contributed by atoms with Gasteiger partial charge in [-0.25, -0.2) is 0 Å². The molecule has 0 fully saturated rings. The minimum atomic E-state index is -2.19. The first-order valence-electron chi connectivity index (χ1n) is 8.28. The minimum absolute atomic E-state index is 0.0973. The minimum Gasteiger partial charge on any atom is -0.432 e. The molecule has 0 aliphatic carbocycles. The maximum Gasteiger partial charge on any atom is 0.325 e. The number of esters is 1. The molecule has 1 heterocycles. The molecule has 2 aromatic rings. The van der Waals surface area contributed by atoms with Crippen molar-refractivity contribution < 1.29 is 40.2 Å². The number of fused-ring (bicyclic) bond motifs is 1. The van der Waals surface area contributed by atoms with Gasteiger partial charge in [0.15, 0.2) is 0 Å². The molecule has 1 aromatic heterocycles. The van der Waals surface area contributed by atoms with Gasteiger partial charge < -0.3 is 46.1 Å². The summed E-state index contributed by atoms with van der Waals surface area (Å²) in [5.41, 5.74) is 7.41. The SMILES string of the molecule is N[C@@H](Cc1c[nH]c2ccccc12)C(=O)OC(O)[C@@H](O)[C@@H](O)[C@H](O)[C@H](O)CO. The van der Waals surface area contributed by atoms with Crippen LogP contribution in [0.4, 0.5) is 0 Å². The molecule has 6 atom stereocenters. The standard InChI is InChI=1S/C17H24N2O8/c18-10(5-8-6-19-11-4-2-1-3-9(8)11)16(25)27-17(26)15(24)14(23)13(22)12(21)7-20/h1-4,6,10,12-15,17,19-24,26H,5,7,18H2/t10-,12+,13+,14-,15-,17?/m0/s1. The Labute approximate surface area is 154 Å². The second-order valence-corrected chi connectivity index (χ2v) is 6.22. The second kappa shape index (κ2) is 9.24. The van der Waals surface area contributed by atoms with E-state index in [4.69, 9.17) is 10.8 Å². The molecule has 0 aliphatic heterocycles. The number of hydrogen-bond acceptors (Lipinski definition) is 9. The first-order valence-corrected chi connectivity index (χ1v) is 8.28. The van der Waals surface area contributed by atoms with Crippen LogP contribution in [0.1, 0.15) is 5.56 Å². The normalized spacial score (nSPS) is 18.5. The predicted molar refractivity (Wildman–Crippen MR) is 93.2 cm³/mol. The van der Waals surface area contributed by atoms with Crippen LogP contribution in [0, 0.1) is 0 Å². The summed E-state index contributed by atoms with van der Waals surface area (Å²) < 4.78 is 4.64. The lowest BCUT2D eigenvalue weighted by Gasteiger charge is -2.28. The average molecular weight is 384 g/mol. The number of aromatic amines is 1. The van der Waals surface area contributed by atoms with Gasteiger partial charge in [0.25, 0.3) is 0 Å². The van der Waals surface area contributed by atoms with Crippen molar-refractivity contribution in [1.82, 2.24) is 4.98 Å². The van der Waals surface area contributed by atoms with Crippen LogP contribution in [0.5, 0.6) is 0 Å². The molecule has 0 aliphatic rings. The molecule has 150 valence electrons. The molecule has 10 nitrogen and oxygen atoms in total. The summed E-state index contributed by atoms with van der Waals surface area (Å²) in [6.07, 6.45) is -8.30. The maximum absolute atomic E-state index is 12.0. The Morgan fingerprint density at radius 2 is 1.74 bits per heavy atom. The topological polar surface area (TPSA) is 189 Å². The van der Waals surface area contributed by atoms with Crippen molar-refractivity contribution in [3.8, 4) is 0 Å². The van der Waals surface area contributed by atoms with Gasteiger partial charge in [0.2, 0.25) is 6.29 Å². The summed E-state index contributed by atoms with van der Waals surface area (Å²) in [7, 11) is 0. The van der Waals surface area contributed by atoms with Crippen LogP contribution in [0.15, 0.2) is 30.5 Å². The molecule has 1 unspecified atom stereocenters. The fraction of sp³-hybridized carbons (Fsp3) is 0.471. The first kappa shape index (κ1) is 21.3. The zero-order valence-electron chi connectivity index (χ0n) is 14.3. The Kier molecular flexibility index (Phi) is 7.27. The number of benzene rings is 1. The number of aliphatic hydroxyl groups excluding tert-OH is 6. The smallest absolute Gasteiger partial charge is 0.325 e. The molecule has 0 radical (unpaired) electrons. The van der Waals surface area contributed by atoms with Gasteiger partial charge >= 0.3 is 5.97 Å². The fourth-order valence-electron chi connectivity index (χ4n) is 2.60. The van der Waals surface area contributed by atoms with Crippen LogP contribution >= 0.6 is 0 Å². The Morgan fingerprint density at radius 1 is 1.07 bits per heavy atom. The Balaban J connectivity index is 1.94. The quantitative estimate of drug-likeness (QED) is 0.168. The van der Waals surface area contributed by atoms with E-state index in [1.807, 2.05) is 24.3 Å². The van der Waals surface area contributed by atoms with E-state index in [2.05, 4.69) is 9.72 Å². The number of carbonyl (C=O) groups excluding carboxylic acids is 1. The predicted octanol–water partition coefficient (Wildman–Crippen LogP) is -2.66. The molecule has 9 N–H and O–H groups in total. The van der Waals surface area contributed by atoms with E-state index < -0.39 is 49.3 Å². The van der Waals surface area contributed by atoms with Crippen LogP contribution in [0.2, 0.25) is 0 Å². The molecule has 0 saturated heterocycles. The maximum atomic E-state index is 12.0. The zero-order chi connectivity index (χ0) is 20.1.